The quantitative estimate of drug-likeness (QED) is 0.462. The second kappa shape index (κ2) is 7.05. The van der Waals surface area contributed by atoms with Crippen LogP contribution in [0.3, 0.4) is 0 Å². The molecule has 2 bridgehead atoms. The number of amides is 3. The highest BCUT2D eigenvalue weighted by Crippen LogP contribution is 2.52. The summed E-state index contributed by atoms with van der Waals surface area (Å²) in [5.41, 5.74) is 0.513. The first-order valence-electron chi connectivity index (χ1n) is 9.14. The molecule has 1 saturated carbocycles. The summed E-state index contributed by atoms with van der Waals surface area (Å²) in [5, 5.41) is 3.11. The molecule has 8 heteroatoms. The van der Waals surface area contributed by atoms with Gasteiger partial charge in [-0.1, -0.05) is 23.8 Å². The molecule has 7 nitrogen and oxygen atoms in total. The Bertz CT molecular complexity index is 851. The fourth-order valence-electron chi connectivity index (χ4n) is 4.40. The zero-order valence-electron chi connectivity index (χ0n) is 15.1. The fourth-order valence-corrected chi connectivity index (χ4v) is 4.53. The van der Waals surface area contributed by atoms with Gasteiger partial charge in [0.1, 0.15) is 6.04 Å². The van der Waals surface area contributed by atoms with Gasteiger partial charge in [-0.15, -0.1) is 0 Å². The first-order valence-corrected chi connectivity index (χ1v) is 9.52. The Kier molecular flexibility index (Phi) is 4.71. The van der Waals surface area contributed by atoms with E-state index < -0.39 is 24.5 Å². The summed E-state index contributed by atoms with van der Waals surface area (Å²) in [6, 6.07) is 5.41. The molecule has 1 aromatic rings. The van der Waals surface area contributed by atoms with Crippen LogP contribution in [0.25, 0.3) is 0 Å². The van der Waals surface area contributed by atoms with Crippen LogP contribution in [0.1, 0.15) is 13.3 Å². The summed E-state index contributed by atoms with van der Waals surface area (Å²) in [7, 11) is 0. The van der Waals surface area contributed by atoms with Crippen LogP contribution in [0.4, 0.5) is 5.69 Å². The van der Waals surface area contributed by atoms with Crippen LogP contribution in [-0.4, -0.2) is 41.2 Å². The molecule has 1 aliphatic heterocycles. The molecular weight excluding hydrogens is 384 g/mol. The lowest BCUT2D eigenvalue weighted by molar-refractivity contribution is -0.159. The second-order valence-electron chi connectivity index (χ2n) is 7.39. The van der Waals surface area contributed by atoms with Gasteiger partial charge in [-0.25, -0.2) is 4.79 Å². The lowest BCUT2D eigenvalue weighted by atomic mass is 9.85. The normalized spacial score (nSPS) is 28.4. The largest absolute Gasteiger partial charge is 0.454 e. The van der Waals surface area contributed by atoms with E-state index in [-0.39, 0.29) is 35.5 Å². The van der Waals surface area contributed by atoms with E-state index in [2.05, 4.69) is 5.32 Å². The number of carbonyl (C=O) groups is 4. The van der Waals surface area contributed by atoms with Crippen molar-refractivity contribution in [1.82, 2.24) is 4.90 Å². The fraction of sp³-hybridized carbons (Fsp3) is 0.400. The minimum absolute atomic E-state index is 0.0739. The van der Waals surface area contributed by atoms with Gasteiger partial charge in [-0.3, -0.25) is 19.3 Å². The highest BCUT2D eigenvalue weighted by Gasteiger charge is 2.60. The molecule has 1 N–H and O–H groups in total. The van der Waals surface area contributed by atoms with Crippen molar-refractivity contribution in [2.75, 3.05) is 11.9 Å². The van der Waals surface area contributed by atoms with E-state index >= 15 is 0 Å². The lowest BCUT2D eigenvalue weighted by Gasteiger charge is -2.23. The molecule has 0 spiro atoms. The van der Waals surface area contributed by atoms with Crippen LogP contribution < -0.4 is 5.32 Å². The van der Waals surface area contributed by atoms with E-state index in [1.807, 2.05) is 12.2 Å². The average Bonchev–Trinajstić information content (AvgIpc) is 3.35. The van der Waals surface area contributed by atoms with Gasteiger partial charge >= 0.3 is 5.97 Å². The smallest absolute Gasteiger partial charge is 0.329 e. The van der Waals surface area contributed by atoms with E-state index in [4.69, 9.17) is 16.3 Å². The van der Waals surface area contributed by atoms with Crippen molar-refractivity contribution < 1.29 is 23.9 Å². The van der Waals surface area contributed by atoms with Crippen molar-refractivity contribution in [3.63, 3.8) is 0 Å². The number of hydrogen-bond acceptors (Lipinski definition) is 5. The number of rotatable bonds is 5. The van der Waals surface area contributed by atoms with Crippen molar-refractivity contribution in [2.45, 2.75) is 19.4 Å². The van der Waals surface area contributed by atoms with Gasteiger partial charge in [0.2, 0.25) is 11.8 Å². The molecular formula is C20H19ClN2O5. The second-order valence-corrected chi connectivity index (χ2v) is 7.82. The van der Waals surface area contributed by atoms with Crippen molar-refractivity contribution >= 4 is 41.0 Å². The van der Waals surface area contributed by atoms with Crippen molar-refractivity contribution in [3.05, 3.63) is 41.4 Å². The SMILES string of the molecule is C[C@@H](C(=O)OCC(=O)Nc1ccc(Cl)cc1)N1C(=O)[C@@H]2[C@H](C1=O)[C@H]1C=C[C@H]2C1. The Balaban J connectivity index is 1.34. The summed E-state index contributed by atoms with van der Waals surface area (Å²) in [4.78, 5) is 50.7. The van der Waals surface area contributed by atoms with Gasteiger partial charge in [-0.2, -0.15) is 0 Å². The Labute approximate surface area is 166 Å². The van der Waals surface area contributed by atoms with Crippen LogP contribution in [0.15, 0.2) is 36.4 Å². The van der Waals surface area contributed by atoms with Gasteiger partial charge < -0.3 is 10.1 Å². The predicted molar refractivity (Wildman–Crippen MR) is 100 cm³/mol. The topological polar surface area (TPSA) is 92.8 Å². The number of nitrogens with zero attached hydrogens (tertiary/aromatic N) is 1. The number of ether oxygens (including phenoxy) is 1. The number of benzene rings is 1. The van der Waals surface area contributed by atoms with Crippen molar-refractivity contribution in [1.29, 1.82) is 0 Å². The van der Waals surface area contributed by atoms with Crippen LogP contribution in [-0.2, 0) is 23.9 Å². The molecule has 0 aromatic heterocycles. The molecule has 0 radical (unpaired) electrons. The number of fused-ring (bicyclic) bond motifs is 5. The number of esters is 1. The molecule has 3 aliphatic rings. The molecule has 1 heterocycles. The zero-order valence-corrected chi connectivity index (χ0v) is 15.9. The third-order valence-corrected chi connectivity index (χ3v) is 5.96. The highest BCUT2D eigenvalue weighted by atomic mass is 35.5. The molecule has 2 fully saturated rings. The van der Waals surface area contributed by atoms with E-state index in [0.717, 1.165) is 11.3 Å². The summed E-state index contributed by atoms with van der Waals surface area (Å²) in [5.74, 6) is -2.54. The molecule has 1 aromatic carbocycles. The van der Waals surface area contributed by atoms with Crippen LogP contribution in [0.5, 0.6) is 0 Å². The summed E-state index contributed by atoms with van der Waals surface area (Å²) >= 11 is 5.78. The van der Waals surface area contributed by atoms with Crippen LogP contribution in [0.2, 0.25) is 5.02 Å². The molecule has 4 rings (SSSR count). The first kappa shape index (κ1) is 18.7. The average molecular weight is 403 g/mol. The zero-order chi connectivity index (χ0) is 20.0. The molecule has 5 atom stereocenters. The van der Waals surface area contributed by atoms with Crippen molar-refractivity contribution in [3.8, 4) is 0 Å². The van der Waals surface area contributed by atoms with E-state index in [9.17, 15) is 19.2 Å². The maximum atomic E-state index is 12.7. The molecule has 3 amide bonds. The van der Waals surface area contributed by atoms with Crippen LogP contribution >= 0.6 is 11.6 Å². The summed E-state index contributed by atoms with van der Waals surface area (Å²) < 4.78 is 5.02. The minimum Gasteiger partial charge on any atom is -0.454 e. The Hall–Kier alpha value is -2.67. The molecule has 2 aliphatic carbocycles. The molecule has 0 unspecified atom stereocenters. The van der Waals surface area contributed by atoms with Gasteiger partial charge in [0.15, 0.2) is 6.61 Å². The number of hydrogen-bond donors (Lipinski definition) is 1. The third-order valence-electron chi connectivity index (χ3n) is 5.71. The number of allylic oxidation sites excluding steroid dienone is 2. The monoisotopic (exact) mass is 402 g/mol. The number of likely N-dealkylation sites (tertiary alicyclic amines) is 1. The molecule has 1 saturated heterocycles. The predicted octanol–water partition coefficient (Wildman–Crippen LogP) is 2.02. The summed E-state index contributed by atoms with van der Waals surface area (Å²) in [6.45, 7) is 0.938. The highest BCUT2D eigenvalue weighted by molar-refractivity contribution is 6.30. The number of nitrogens with one attached hydrogen (secondary N) is 1. The number of anilines is 1. The Morgan fingerprint density at radius 3 is 2.29 bits per heavy atom. The minimum atomic E-state index is -1.06. The van der Waals surface area contributed by atoms with E-state index in [1.165, 1.54) is 6.92 Å². The molecule has 146 valence electrons. The first-order chi connectivity index (χ1) is 13.4. The van der Waals surface area contributed by atoms with Gasteiger partial charge in [0.05, 0.1) is 11.8 Å². The number of imide groups is 1. The number of carbonyl (C=O) groups excluding carboxylic acids is 4. The standard InChI is InChI=1S/C20H19ClN2O5/c1-10(20(27)28-9-15(24)22-14-6-4-13(21)5-7-14)23-18(25)16-11-2-3-12(8-11)17(16)19(23)26/h2-7,10-12,16-17H,8-9H2,1H3,(H,22,24)/t10-,11-,12-,16-,17+/m0/s1. The van der Waals surface area contributed by atoms with E-state index in [1.54, 1.807) is 24.3 Å². The van der Waals surface area contributed by atoms with E-state index in [0.29, 0.717) is 10.7 Å². The van der Waals surface area contributed by atoms with Gasteiger partial charge in [-0.05, 0) is 49.4 Å². The van der Waals surface area contributed by atoms with Gasteiger partial charge in [0, 0.05) is 10.7 Å². The Morgan fingerprint density at radius 1 is 1.14 bits per heavy atom. The van der Waals surface area contributed by atoms with Crippen molar-refractivity contribution in [2.24, 2.45) is 23.7 Å². The maximum absolute atomic E-state index is 12.7. The lowest BCUT2D eigenvalue weighted by Crippen LogP contribution is -2.45. The number of halogens is 1. The van der Waals surface area contributed by atoms with Crippen LogP contribution in [0, 0.1) is 23.7 Å². The Morgan fingerprint density at radius 2 is 1.71 bits per heavy atom. The summed E-state index contributed by atoms with van der Waals surface area (Å²) in [6.07, 6.45) is 4.81. The molecule has 28 heavy (non-hydrogen) atoms. The third kappa shape index (κ3) is 3.09. The van der Waals surface area contributed by atoms with Gasteiger partial charge in [0.25, 0.3) is 5.91 Å². The maximum Gasteiger partial charge on any atom is 0.329 e.